The zero-order valence-corrected chi connectivity index (χ0v) is 8.46. The van der Waals surface area contributed by atoms with Gasteiger partial charge in [0.25, 0.3) is 5.69 Å². The van der Waals surface area contributed by atoms with E-state index in [-0.39, 0.29) is 16.4 Å². The van der Waals surface area contributed by atoms with Crippen molar-refractivity contribution in [3.05, 3.63) is 10.9 Å². The van der Waals surface area contributed by atoms with Crippen molar-refractivity contribution < 1.29 is 9.53 Å². The largest absolute Gasteiger partial charge is 0.359 e. The molecule has 0 radical (unpaired) electrons. The summed E-state index contributed by atoms with van der Waals surface area (Å²) in [6.45, 7) is 0. The lowest BCUT2D eigenvalue weighted by Gasteiger charge is -2.07. The number of rotatable bonds is 1. The van der Waals surface area contributed by atoms with Crippen molar-refractivity contribution in [2.45, 2.75) is 5.16 Å². The first kappa shape index (κ1) is 9.08. The number of hydrogen-bond acceptors (Lipinski definition) is 9. The summed E-state index contributed by atoms with van der Waals surface area (Å²) in [5, 5.41) is 30.0. The number of nitrogen functional groups attached to an aromatic ring is 1. The van der Waals surface area contributed by atoms with E-state index < -0.39 is 0 Å². The Bertz CT molecular complexity index is 553. The number of hydrogen-bond donors (Lipinski definition) is 1. The van der Waals surface area contributed by atoms with Crippen LogP contribution in [0, 0.1) is 5.21 Å². The molecule has 10 nitrogen and oxygen atoms in total. The molecule has 3 heterocycles. The normalized spacial score (nSPS) is 14.6. The Balaban J connectivity index is 2.11. The molecule has 0 atom stereocenters. The van der Waals surface area contributed by atoms with Crippen LogP contribution in [0.3, 0.4) is 0 Å². The van der Waals surface area contributed by atoms with E-state index in [1.807, 2.05) is 0 Å². The third kappa shape index (κ3) is 1.21. The molecule has 2 N–H and O–H groups in total. The van der Waals surface area contributed by atoms with Crippen LogP contribution in [0.15, 0.2) is 14.9 Å². The lowest BCUT2D eigenvalue weighted by molar-refractivity contribution is -0.803. The smallest absolute Gasteiger partial charge is 0.314 e. The molecule has 1 aliphatic rings. The summed E-state index contributed by atoms with van der Waals surface area (Å²) < 4.78 is 4.35. The molecule has 0 aromatic carbocycles. The number of tetrazole rings is 1. The summed E-state index contributed by atoms with van der Waals surface area (Å²) in [7, 11) is 0. The van der Waals surface area contributed by atoms with E-state index in [1.165, 1.54) is 16.6 Å². The van der Waals surface area contributed by atoms with Gasteiger partial charge in [0.2, 0.25) is 5.16 Å². The van der Waals surface area contributed by atoms with Gasteiger partial charge in [-0.05, 0) is 15.3 Å². The molecule has 16 heavy (non-hydrogen) atoms. The molecule has 0 saturated carbocycles. The van der Waals surface area contributed by atoms with E-state index in [0.717, 1.165) is 0 Å². The molecular weight excluding hydrogens is 236 g/mol. The SMILES string of the molecule is Nc1no[n+]([O-])c1C1=Nn2nnnc2SC1. The third-order valence-electron chi connectivity index (χ3n) is 1.89. The van der Waals surface area contributed by atoms with Crippen LogP contribution in [0.5, 0.6) is 0 Å². The van der Waals surface area contributed by atoms with Gasteiger partial charge >= 0.3 is 5.82 Å². The molecule has 0 bridgehead atoms. The minimum atomic E-state index is -0.00845. The van der Waals surface area contributed by atoms with Crippen LogP contribution in [0.1, 0.15) is 5.69 Å². The van der Waals surface area contributed by atoms with E-state index in [1.54, 1.807) is 0 Å². The minimum absolute atomic E-state index is 0.00845. The van der Waals surface area contributed by atoms with E-state index in [4.69, 9.17) is 5.73 Å². The molecule has 2 aromatic rings. The highest BCUT2D eigenvalue weighted by atomic mass is 32.2. The summed E-state index contributed by atoms with van der Waals surface area (Å²) in [4.78, 5) is 1.43. The van der Waals surface area contributed by atoms with Crippen molar-refractivity contribution in [3.63, 3.8) is 0 Å². The van der Waals surface area contributed by atoms with Crippen LogP contribution in [0.25, 0.3) is 0 Å². The van der Waals surface area contributed by atoms with Crippen molar-refractivity contribution in [3.8, 4) is 0 Å². The monoisotopic (exact) mass is 240 g/mol. The van der Waals surface area contributed by atoms with Gasteiger partial charge in [0, 0.05) is 0 Å². The molecule has 11 heteroatoms. The van der Waals surface area contributed by atoms with Crippen LogP contribution in [0.4, 0.5) is 5.82 Å². The summed E-state index contributed by atoms with van der Waals surface area (Å²) in [6, 6.07) is 0. The first-order chi connectivity index (χ1) is 7.75. The van der Waals surface area contributed by atoms with E-state index in [9.17, 15) is 5.21 Å². The zero-order chi connectivity index (χ0) is 11.1. The Hall–Kier alpha value is -2.17. The number of anilines is 1. The average molecular weight is 240 g/mol. The van der Waals surface area contributed by atoms with Crippen LogP contribution in [-0.2, 0) is 0 Å². The molecule has 0 saturated heterocycles. The maximum Gasteiger partial charge on any atom is 0.314 e. The number of aromatic nitrogens is 6. The maximum atomic E-state index is 11.2. The molecule has 0 aliphatic carbocycles. The number of fused-ring (bicyclic) bond motifs is 1. The minimum Gasteiger partial charge on any atom is -0.359 e. The summed E-state index contributed by atoms with van der Waals surface area (Å²) in [6.07, 6.45) is 0. The lowest BCUT2D eigenvalue weighted by atomic mass is 10.3. The fourth-order valence-corrected chi connectivity index (χ4v) is 1.97. The van der Waals surface area contributed by atoms with E-state index in [0.29, 0.717) is 16.6 Å². The molecule has 3 rings (SSSR count). The van der Waals surface area contributed by atoms with E-state index in [2.05, 4.69) is 30.4 Å². The Kier molecular flexibility index (Phi) is 1.80. The standard InChI is InChI=1S/C5H4N8O2S/c6-4-3(13(14)15-9-4)2-1-16-5-7-10-11-12(5)8-2/h1H2,(H2,6,9). The highest BCUT2D eigenvalue weighted by Gasteiger charge is 2.26. The average Bonchev–Trinajstić information content (AvgIpc) is 2.85. The number of thioether (sulfide) groups is 1. The Labute approximate surface area is 91.6 Å². The summed E-state index contributed by atoms with van der Waals surface area (Å²) in [5.41, 5.74) is 6.00. The van der Waals surface area contributed by atoms with Crippen molar-refractivity contribution in [1.29, 1.82) is 0 Å². The van der Waals surface area contributed by atoms with Gasteiger partial charge in [0.15, 0.2) is 0 Å². The van der Waals surface area contributed by atoms with Crippen molar-refractivity contribution >= 4 is 23.3 Å². The second-order valence-electron chi connectivity index (χ2n) is 2.85. The highest BCUT2D eigenvalue weighted by Crippen LogP contribution is 2.21. The van der Waals surface area contributed by atoms with Gasteiger partial charge in [-0.1, -0.05) is 16.9 Å². The van der Waals surface area contributed by atoms with Crippen molar-refractivity contribution in [2.75, 3.05) is 11.5 Å². The first-order valence-electron chi connectivity index (χ1n) is 4.10. The fraction of sp³-hybridized carbons (Fsp3) is 0.200. The van der Waals surface area contributed by atoms with Gasteiger partial charge in [-0.3, -0.25) is 4.63 Å². The Morgan fingerprint density at radius 1 is 1.56 bits per heavy atom. The lowest BCUT2D eigenvalue weighted by Crippen LogP contribution is -2.34. The van der Waals surface area contributed by atoms with Crippen LogP contribution >= 0.6 is 11.8 Å². The van der Waals surface area contributed by atoms with Crippen LogP contribution in [0.2, 0.25) is 0 Å². The zero-order valence-electron chi connectivity index (χ0n) is 7.64. The molecule has 0 fully saturated rings. The molecule has 0 spiro atoms. The van der Waals surface area contributed by atoms with Crippen LogP contribution < -0.4 is 10.6 Å². The summed E-state index contributed by atoms with van der Waals surface area (Å²) in [5.74, 6) is 0.416. The predicted octanol–water partition coefficient (Wildman–Crippen LogP) is -1.77. The first-order valence-corrected chi connectivity index (χ1v) is 5.09. The van der Waals surface area contributed by atoms with Gasteiger partial charge in [-0.25, -0.2) is 0 Å². The molecule has 82 valence electrons. The van der Waals surface area contributed by atoms with Crippen molar-refractivity contribution in [2.24, 2.45) is 5.10 Å². The van der Waals surface area contributed by atoms with Gasteiger partial charge in [0.1, 0.15) is 5.71 Å². The van der Waals surface area contributed by atoms with Gasteiger partial charge in [0.05, 0.1) is 10.9 Å². The molecule has 0 amide bonds. The second kappa shape index (κ2) is 3.16. The second-order valence-corrected chi connectivity index (χ2v) is 3.79. The molecule has 0 unspecified atom stereocenters. The van der Waals surface area contributed by atoms with Gasteiger partial charge in [-0.2, -0.15) is 0 Å². The topological polar surface area (TPSA) is 135 Å². The maximum absolute atomic E-state index is 11.2. The quantitative estimate of drug-likeness (QED) is 0.579. The van der Waals surface area contributed by atoms with E-state index >= 15 is 0 Å². The number of nitrogens with zero attached hydrogens (tertiary/aromatic N) is 7. The highest BCUT2D eigenvalue weighted by molar-refractivity contribution is 7.99. The Morgan fingerprint density at radius 3 is 3.19 bits per heavy atom. The third-order valence-corrected chi connectivity index (χ3v) is 2.81. The van der Waals surface area contributed by atoms with Gasteiger partial charge in [-0.15, -0.1) is 9.89 Å². The van der Waals surface area contributed by atoms with Crippen molar-refractivity contribution in [1.82, 2.24) is 25.5 Å². The molecule has 2 aromatic heterocycles. The Morgan fingerprint density at radius 2 is 2.44 bits per heavy atom. The fourth-order valence-electron chi connectivity index (χ4n) is 1.23. The molecular formula is C5H4N8O2S. The predicted molar refractivity (Wildman–Crippen MR) is 50.4 cm³/mol. The number of nitrogens with two attached hydrogens (primary N) is 1. The molecule has 1 aliphatic heterocycles. The summed E-state index contributed by atoms with van der Waals surface area (Å²) >= 11 is 1.34. The van der Waals surface area contributed by atoms with Gasteiger partial charge < -0.3 is 10.9 Å². The van der Waals surface area contributed by atoms with Crippen LogP contribution in [-0.4, -0.2) is 36.9 Å².